The molecular weight excluding hydrogens is 332 g/mol. The molecule has 0 radical (unpaired) electrons. The molecule has 134 valence electrons. The number of phenolic OH excluding ortho intramolecular Hbond substituents is 2. The van der Waals surface area contributed by atoms with Crippen molar-refractivity contribution in [1.29, 1.82) is 0 Å². The van der Waals surface area contributed by atoms with Crippen LogP contribution in [0.1, 0.15) is 32.8 Å². The highest BCUT2D eigenvalue weighted by molar-refractivity contribution is 7.99. The lowest BCUT2D eigenvalue weighted by molar-refractivity contribution is 0.193. The summed E-state index contributed by atoms with van der Waals surface area (Å²) in [6, 6.07) is 15.2. The number of anilines is 1. The van der Waals surface area contributed by atoms with Gasteiger partial charge >= 0.3 is 0 Å². The van der Waals surface area contributed by atoms with E-state index in [1.54, 1.807) is 17.8 Å². The number of para-hydroxylation sites is 1. The smallest absolute Gasteiger partial charge is 0.129 e. The molecule has 5 heteroatoms. The van der Waals surface area contributed by atoms with E-state index in [2.05, 4.69) is 49.4 Å². The lowest BCUT2D eigenvalue weighted by Gasteiger charge is -2.56. The van der Waals surface area contributed by atoms with Crippen molar-refractivity contribution in [3.63, 3.8) is 0 Å². The maximum absolute atomic E-state index is 10.6. The maximum atomic E-state index is 10.6. The van der Waals surface area contributed by atoms with E-state index in [0.717, 1.165) is 17.7 Å². The fourth-order valence-electron chi connectivity index (χ4n) is 4.03. The second-order valence-electron chi connectivity index (χ2n) is 7.47. The van der Waals surface area contributed by atoms with E-state index in [1.165, 1.54) is 6.07 Å². The van der Waals surface area contributed by atoms with Gasteiger partial charge in [0, 0.05) is 22.9 Å². The molecule has 0 spiro atoms. The Bertz CT molecular complexity index is 751. The molecule has 1 saturated heterocycles. The summed E-state index contributed by atoms with van der Waals surface area (Å²) in [6.07, 6.45) is 2.90. The topological polar surface area (TPSA) is 55.7 Å². The van der Waals surface area contributed by atoms with E-state index in [1.807, 2.05) is 24.3 Å². The van der Waals surface area contributed by atoms with Gasteiger partial charge in [-0.05, 0) is 57.7 Å². The Labute approximate surface area is 153 Å². The van der Waals surface area contributed by atoms with Crippen LogP contribution >= 0.6 is 11.8 Å². The number of hydrogen-bond donors (Lipinski definition) is 3. The lowest BCUT2D eigenvalue weighted by Crippen LogP contribution is -2.67. The van der Waals surface area contributed by atoms with Gasteiger partial charge in [0.2, 0.25) is 0 Å². The van der Waals surface area contributed by atoms with Crippen molar-refractivity contribution < 1.29 is 10.2 Å². The average Bonchev–Trinajstić information content (AvgIpc) is 2.53. The summed E-state index contributed by atoms with van der Waals surface area (Å²) in [4.78, 5) is 2.33. The Morgan fingerprint density at radius 3 is 2.36 bits per heavy atom. The molecule has 2 aromatic rings. The van der Waals surface area contributed by atoms with Crippen molar-refractivity contribution in [2.45, 2.75) is 43.8 Å². The first-order valence-corrected chi connectivity index (χ1v) is 9.73. The third-order valence-corrected chi connectivity index (χ3v) is 5.66. The van der Waals surface area contributed by atoms with Crippen LogP contribution in [0.25, 0.3) is 0 Å². The average molecular weight is 359 g/mol. The van der Waals surface area contributed by atoms with E-state index >= 15 is 0 Å². The van der Waals surface area contributed by atoms with Gasteiger partial charge in [0.15, 0.2) is 0 Å². The minimum atomic E-state index is -0.429. The Hall–Kier alpha value is -1.85. The van der Waals surface area contributed by atoms with Crippen molar-refractivity contribution in [3.8, 4) is 11.5 Å². The molecule has 4 nitrogen and oxygen atoms in total. The van der Waals surface area contributed by atoms with Crippen LogP contribution in [0.4, 0.5) is 5.69 Å². The maximum Gasteiger partial charge on any atom is 0.129 e. The van der Waals surface area contributed by atoms with Crippen molar-refractivity contribution in [1.82, 2.24) is 5.32 Å². The van der Waals surface area contributed by atoms with E-state index < -0.39 is 5.54 Å². The second kappa shape index (κ2) is 6.46. The predicted molar refractivity (Wildman–Crippen MR) is 105 cm³/mol. The van der Waals surface area contributed by atoms with E-state index in [4.69, 9.17) is 0 Å². The molecule has 0 aliphatic carbocycles. The first-order valence-electron chi connectivity index (χ1n) is 8.44. The molecule has 0 aromatic heterocycles. The highest BCUT2D eigenvalue weighted by atomic mass is 32.2. The molecule has 1 aliphatic rings. The Morgan fingerprint density at radius 2 is 1.76 bits per heavy atom. The predicted octanol–water partition coefficient (Wildman–Crippen LogP) is 4.24. The van der Waals surface area contributed by atoms with Gasteiger partial charge in [-0.3, -0.25) is 5.32 Å². The standard InChI is InChI=1S/C20H26N2O2S/c1-19(2)13-20(3,16-11-10-15(23)12-17(16)24)22(18(21-19)25-4)14-8-6-5-7-9-14/h5-12,18,21,23-24H,13H2,1-4H3. The van der Waals surface area contributed by atoms with Crippen LogP contribution in [0.3, 0.4) is 0 Å². The quantitative estimate of drug-likeness (QED) is 0.766. The Balaban J connectivity index is 2.19. The van der Waals surface area contributed by atoms with Gasteiger partial charge in [-0.25, -0.2) is 0 Å². The Kier molecular flexibility index (Phi) is 4.64. The molecule has 0 saturated carbocycles. The van der Waals surface area contributed by atoms with Crippen LogP contribution in [0.5, 0.6) is 11.5 Å². The molecule has 1 aliphatic heterocycles. The molecule has 2 unspecified atom stereocenters. The Morgan fingerprint density at radius 1 is 1.08 bits per heavy atom. The van der Waals surface area contributed by atoms with Crippen molar-refractivity contribution in [2.75, 3.05) is 11.2 Å². The molecule has 25 heavy (non-hydrogen) atoms. The van der Waals surface area contributed by atoms with E-state index in [9.17, 15) is 10.2 Å². The molecular formula is C20H26N2O2S. The number of nitrogens with one attached hydrogen (secondary N) is 1. The number of benzene rings is 2. The zero-order chi connectivity index (χ0) is 18.2. The largest absolute Gasteiger partial charge is 0.508 e. The normalized spacial score (nSPS) is 25.8. The van der Waals surface area contributed by atoms with Crippen LogP contribution in [0, 0.1) is 0 Å². The van der Waals surface area contributed by atoms with E-state index in [-0.39, 0.29) is 22.5 Å². The number of phenols is 2. The molecule has 0 amide bonds. The molecule has 2 aromatic carbocycles. The molecule has 1 fully saturated rings. The zero-order valence-electron chi connectivity index (χ0n) is 15.2. The van der Waals surface area contributed by atoms with Crippen molar-refractivity contribution in [2.24, 2.45) is 0 Å². The molecule has 0 bridgehead atoms. The molecule has 3 N–H and O–H groups in total. The van der Waals surface area contributed by atoms with Gasteiger partial charge in [0.25, 0.3) is 0 Å². The first-order chi connectivity index (χ1) is 11.8. The molecule has 2 atom stereocenters. The van der Waals surface area contributed by atoms with Crippen molar-refractivity contribution in [3.05, 3.63) is 54.1 Å². The highest BCUT2D eigenvalue weighted by Crippen LogP contribution is 2.48. The summed E-state index contributed by atoms with van der Waals surface area (Å²) in [6.45, 7) is 6.54. The third kappa shape index (κ3) is 3.31. The highest BCUT2D eigenvalue weighted by Gasteiger charge is 2.48. The van der Waals surface area contributed by atoms with Gasteiger partial charge in [0.05, 0.1) is 5.54 Å². The van der Waals surface area contributed by atoms with Crippen LogP contribution in [0.15, 0.2) is 48.5 Å². The van der Waals surface area contributed by atoms with Gasteiger partial charge in [0.1, 0.15) is 17.0 Å². The first kappa shape index (κ1) is 18.0. The monoisotopic (exact) mass is 358 g/mol. The summed E-state index contributed by atoms with van der Waals surface area (Å²) in [5.74, 6) is 0.201. The van der Waals surface area contributed by atoms with Crippen LogP contribution in [-0.4, -0.2) is 27.5 Å². The van der Waals surface area contributed by atoms with Crippen molar-refractivity contribution >= 4 is 17.4 Å². The fraction of sp³-hybridized carbons (Fsp3) is 0.400. The fourth-order valence-corrected chi connectivity index (χ4v) is 5.03. The van der Waals surface area contributed by atoms with Crippen LogP contribution in [0.2, 0.25) is 0 Å². The summed E-state index contributed by atoms with van der Waals surface area (Å²) in [5, 5.41) is 24.0. The minimum Gasteiger partial charge on any atom is -0.508 e. The summed E-state index contributed by atoms with van der Waals surface area (Å²) < 4.78 is 0. The lowest BCUT2D eigenvalue weighted by atomic mass is 9.76. The van der Waals surface area contributed by atoms with Gasteiger partial charge in [-0.15, -0.1) is 11.8 Å². The number of aromatic hydroxyl groups is 2. The summed E-state index contributed by atoms with van der Waals surface area (Å²) in [7, 11) is 0. The number of nitrogens with zero attached hydrogens (tertiary/aromatic N) is 1. The minimum absolute atomic E-state index is 0.0596. The molecule has 3 rings (SSSR count). The van der Waals surface area contributed by atoms with E-state index in [0.29, 0.717) is 0 Å². The van der Waals surface area contributed by atoms with Gasteiger partial charge in [-0.2, -0.15) is 0 Å². The number of rotatable bonds is 3. The number of hydrogen-bond acceptors (Lipinski definition) is 5. The number of thioether (sulfide) groups is 1. The van der Waals surface area contributed by atoms with Gasteiger partial charge in [-0.1, -0.05) is 18.2 Å². The third-order valence-electron chi connectivity index (χ3n) is 4.89. The zero-order valence-corrected chi connectivity index (χ0v) is 16.0. The molecule has 1 heterocycles. The summed E-state index contributed by atoms with van der Waals surface area (Å²) in [5.41, 5.74) is 1.45. The van der Waals surface area contributed by atoms with Crippen LogP contribution in [-0.2, 0) is 5.54 Å². The summed E-state index contributed by atoms with van der Waals surface area (Å²) >= 11 is 1.74. The van der Waals surface area contributed by atoms with Crippen LogP contribution < -0.4 is 10.2 Å². The van der Waals surface area contributed by atoms with Gasteiger partial charge < -0.3 is 15.1 Å². The second-order valence-corrected chi connectivity index (χ2v) is 8.39. The SMILES string of the molecule is CSC1NC(C)(C)CC(C)(c2ccc(O)cc2O)N1c1ccccc1.